The molecule has 0 fully saturated rings. The van der Waals surface area contributed by atoms with Gasteiger partial charge in [-0.05, 0) is 76.4 Å². The quantitative estimate of drug-likeness (QED) is 0.301. The third kappa shape index (κ3) is 5.48. The third-order valence-corrected chi connectivity index (χ3v) is 6.11. The van der Waals surface area contributed by atoms with Gasteiger partial charge in [-0.25, -0.2) is 4.98 Å². The molecule has 3 aromatic carbocycles. The second-order valence-corrected chi connectivity index (χ2v) is 8.99. The van der Waals surface area contributed by atoms with Gasteiger partial charge in [-0.1, -0.05) is 47.5 Å². The lowest BCUT2D eigenvalue weighted by Crippen LogP contribution is -2.29. The number of nitrogens with zero attached hydrogens (tertiary/aromatic N) is 2. The van der Waals surface area contributed by atoms with E-state index in [4.69, 9.17) is 9.72 Å². The molecule has 1 aromatic heterocycles. The Morgan fingerprint density at radius 2 is 1.71 bits per heavy atom. The summed E-state index contributed by atoms with van der Waals surface area (Å²) < 4.78 is 8.12. The van der Waals surface area contributed by atoms with Gasteiger partial charge in [0, 0.05) is 12.1 Å². The molecule has 0 aliphatic rings. The number of para-hydroxylation sites is 2. The number of hydrogen-bond donors (Lipinski definition) is 1. The highest BCUT2D eigenvalue weighted by molar-refractivity contribution is 5.96. The smallest absolute Gasteiger partial charge is 0.252 e. The molecule has 1 unspecified atom stereocenters. The molecule has 1 amide bonds. The normalized spacial score (nSPS) is 12.0. The number of aromatic nitrogens is 2. The number of nitrogens with one attached hydrogen (secondary N) is 1. The molecule has 0 saturated carbocycles. The van der Waals surface area contributed by atoms with Crippen LogP contribution in [-0.4, -0.2) is 22.1 Å². The number of carbonyl (C=O) groups excluding carboxylic acids is 1. The average molecular weight is 456 g/mol. The van der Waals surface area contributed by atoms with Gasteiger partial charge in [-0.2, -0.15) is 0 Å². The van der Waals surface area contributed by atoms with Gasteiger partial charge in [0.05, 0.1) is 23.7 Å². The van der Waals surface area contributed by atoms with Crippen LogP contribution < -0.4 is 10.1 Å². The van der Waals surface area contributed by atoms with Crippen molar-refractivity contribution in [2.75, 3.05) is 6.61 Å². The number of rotatable bonds is 9. The molecule has 0 bridgehead atoms. The Morgan fingerprint density at radius 1 is 0.971 bits per heavy atom. The Bertz CT molecular complexity index is 1270. The molecule has 176 valence electrons. The summed E-state index contributed by atoms with van der Waals surface area (Å²) in [4.78, 5) is 17.8. The molecular weight excluding hydrogens is 422 g/mol. The van der Waals surface area contributed by atoms with Crippen molar-refractivity contribution in [3.63, 3.8) is 0 Å². The van der Waals surface area contributed by atoms with E-state index in [1.54, 1.807) is 0 Å². The summed E-state index contributed by atoms with van der Waals surface area (Å²) in [6, 6.07) is 22.0. The minimum Gasteiger partial charge on any atom is -0.494 e. The fraction of sp³-hybridized carbons (Fsp3) is 0.310. The molecule has 1 heterocycles. The summed E-state index contributed by atoms with van der Waals surface area (Å²) in [6.45, 7) is 9.56. The van der Waals surface area contributed by atoms with Gasteiger partial charge >= 0.3 is 0 Å². The van der Waals surface area contributed by atoms with E-state index >= 15 is 0 Å². The van der Waals surface area contributed by atoms with Crippen molar-refractivity contribution < 1.29 is 9.53 Å². The fourth-order valence-electron chi connectivity index (χ4n) is 4.26. The summed E-state index contributed by atoms with van der Waals surface area (Å²) in [5.41, 5.74) is 6.09. The lowest BCUT2D eigenvalue weighted by Gasteiger charge is -2.17. The Hall–Kier alpha value is -3.60. The van der Waals surface area contributed by atoms with Crippen LogP contribution in [0.25, 0.3) is 11.0 Å². The topological polar surface area (TPSA) is 56.1 Å². The number of amides is 1. The highest BCUT2D eigenvalue weighted by Crippen LogP contribution is 2.22. The van der Waals surface area contributed by atoms with Crippen LogP contribution in [0.4, 0.5) is 0 Å². The zero-order chi connectivity index (χ0) is 24.1. The van der Waals surface area contributed by atoms with Gasteiger partial charge in [-0.3, -0.25) is 4.79 Å². The second kappa shape index (κ2) is 10.6. The van der Waals surface area contributed by atoms with E-state index < -0.39 is 0 Å². The first-order valence-corrected chi connectivity index (χ1v) is 11.9. The molecule has 4 aromatic rings. The molecule has 0 aliphatic heterocycles. The van der Waals surface area contributed by atoms with E-state index in [-0.39, 0.29) is 11.9 Å². The first kappa shape index (κ1) is 23.6. The zero-order valence-corrected chi connectivity index (χ0v) is 20.5. The molecule has 0 spiro atoms. The number of unbranched alkanes of at least 4 members (excludes halogenated alkanes) is 1. The first-order chi connectivity index (χ1) is 16.4. The van der Waals surface area contributed by atoms with Crippen molar-refractivity contribution in [3.8, 4) is 5.75 Å². The van der Waals surface area contributed by atoms with E-state index in [1.807, 2.05) is 69.3 Å². The molecule has 0 aliphatic carbocycles. The summed E-state index contributed by atoms with van der Waals surface area (Å²) in [5, 5.41) is 3.15. The molecule has 5 heteroatoms. The van der Waals surface area contributed by atoms with Gasteiger partial charge in [0.1, 0.15) is 11.6 Å². The molecule has 5 nitrogen and oxygen atoms in total. The number of hydrogen-bond acceptors (Lipinski definition) is 3. The van der Waals surface area contributed by atoms with Gasteiger partial charge in [0.25, 0.3) is 5.91 Å². The fourth-order valence-corrected chi connectivity index (χ4v) is 4.26. The van der Waals surface area contributed by atoms with Crippen molar-refractivity contribution in [1.82, 2.24) is 14.9 Å². The number of ether oxygens (including phenoxy) is 1. The van der Waals surface area contributed by atoms with Crippen molar-refractivity contribution in [2.24, 2.45) is 0 Å². The molecular formula is C29H33N3O2. The van der Waals surface area contributed by atoms with E-state index in [9.17, 15) is 4.79 Å². The average Bonchev–Trinajstić information content (AvgIpc) is 3.19. The summed E-state index contributed by atoms with van der Waals surface area (Å²) >= 11 is 0. The SMILES string of the molecule is Cc1ccc(OCCCCn2c(C(C)NC(=O)c3ccc(C)cc3C)nc3ccccc32)cc1. The van der Waals surface area contributed by atoms with Gasteiger partial charge in [0.2, 0.25) is 0 Å². The van der Waals surface area contributed by atoms with Crippen LogP contribution in [0.1, 0.15) is 58.7 Å². The van der Waals surface area contributed by atoms with Crippen molar-refractivity contribution in [1.29, 1.82) is 0 Å². The van der Waals surface area contributed by atoms with E-state index in [0.717, 1.165) is 53.1 Å². The monoisotopic (exact) mass is 455 g/mol. The summed E-state index contributed by atoms with van der Waals surface area (Å²) in [5.74, 6) is 1.70. The van der Waals surface area contributed by atoms with Crippen LogP contribution >= 0.6 is 0 Å². The van der Waals surface area contributed by atoms with E-state index in [1.165, 1.54) is 5.56 Å². The van der Waals surface area contributed by atoms with Crippen LogP contribution in [0.3, 0.4) is 0 Å². The third-order valence-electron chi connectivity index (χ3n) is 6.11. The molecule has 0 saturated heterocycles. The van der Waals surface area contributed by atoms with Crippen molar-refractivity contribution >= 4 is 16.9 Å². The number of imidazole rings is 1. The largest absolute Gasteiger partial charge is 0.494 e. The lowest BCUT2D eigenvalue weighted by atomic mass is 10.0. The minimum atomic E-state index is -0.218. The maximum atomic E-state index is 13.0. The predicted molar refractivity (Wildman–Crippen MR) is 137 cm³/mol. The summed E-state index contributed by atoms with van der Waals surface area (Å²) in [6.07, 6.45) is 1.89. The first-order valence-electron chi connectivity index (χ1n) is 11.9. The van der Waals surface area contributed by atoms with E-state index in [0.29, 0.717) is 12.2 Å². The lowest BCUT2D eigenvalue weighted by molar-refractivity contribution is 0.0937. The van der Waals surface area contributed by atoms with Crippen molar-refractivity contribution in [2.45, 2.75) is 53.1 Å². The van der Waals surface area contributed by atoms with Gasteiger partial charge in [-0.15, -0.1) is 0 Å². The highest BCUT2D eigenvalue weighted by Gasteiger charge is 2.19. The minimum absolute atomic E-state index is 0.0740. The van der Waals surface area contributed by atoms with Gasteiger partial charge < -0.3 is 14.6 Å². The Kier molecular flexibility index (Phi) is 7.31. The maximum absolute atomic E-state index is 13.0. The maximum Gasteiger partial charge on any atom is 0.252 e. The molecule has 1 atom stereocenters. The number of carbonyl (C=O) groups is 1. The molecule has 34 heavy (non-hydrogen) atoms. The van der Waals surface area contributed by atoms with Crippen LogP contribution in [0.2, 0.25) is 0 Å². The summed E-state index contributed by atoms with van der Waals surface area (Å²) in [7, 11) is 0. The van der Waals surface area contributed by atoms with Crippen molar-refractivity contribution in [3.05, 3.63) is 94.8 Å². The number of fused-ring (bicyclic) bond motifs is 1. The highest BCUT2D eigenvalue weighted by atomic mass is 16.5. The van der Waals surface area contributed by atoms with Crippen LogP contribution in [-0.2, 0) is 6.54 Å². The molecule has 1 N–H and O–H groups in total. The number of aryl methyl sites for hydroxylation is 4. The Morgan fingerprint density at radius 3 is 2.47 bits per heavy atom. The second-order valence-electron chi connectivity index (χ2n) is 8.99. The van der Waals surface area contributed by atoms with Crippen LogP contribution in [0.15, 0.2) is 66.7 Å². The number of benzene rings is 3. The Balaban J connectivity index is 1.43. The van der Waals surface area contributed by atoms with E-state index in [2.05, 4.69) is 35.0 Å². The predicted octanol–water partition coefficient (Wildman–Crippen LogP) is 6.31. The van der Waals surface area contributed by atoms with Crippen LogP contribution in [0, 0.1) is 20.8 Å². The van der Waals surface area contributed by atoms with Gasteiger partial charge in [0.15, 0.2) is 0 Å². The molecule has 4 rings (SSSR count). The molecule has 0 radical (unpaired) electrons. The standard InChI is InChI=1S/C29H33N3O2/c1-20-11-14-24(15-12-20)34-18-8-7-17-32-27-10-6-5-9-26(27)31-28(32)23(4)30-29(33)25-16-13-21(2)19-22(25)3/h5-6,9-16,19,23H,7-8,17-18H2,1-4H3,(H,30,33). The Labute approximate surface area is 201 Å². The van der Waals surface area contributed by atoms with Crippen LogP contribution in [0.5, 0.6) is 5.75 Å². The zero-order valence-electron chi connectivity index (χ0n) is 20.5.